The van der Waals surface area contributed by atoms with Gasteiger partial charge in [-0.2, -0.15) is 0 Å². The Morgan fingerprint density at radius 3 is 1.96 bits per heavy atom. The summed E-state index contributed by atoms with van der Waals surface area (Å²) < 4.78 is 6.76. The van der Waals surface area contributed by atoms with Crippen LogP contribution in [0.1, 0.15) is 38.5 Å². The van der Waals surface area contributed by atoms with E-state index in [0.717, 1.165) is 35.5 Å². The van der Waals surface area contributed by atoms with Gasteiger partial charge in [-0.05, 0) is 92.9 Å². The van der Waals surface area contributed by atoms with Crippen molar-refractivity contribution in [3.05, 3.63) is 24.3 Å². The van der Waals surface area contributed by atoms with Crippen LogP contribution in [0.25, 0.3) is 0 Å². The summed E-state index contributed by atoms with van der Waals surface area (Å²) in [6, 6.07) is 2.80. The monoisotopic (exact) mass is 360 g/mol. The Bertz CT molecular complexity index is 512. The molecule has 24 heavy (non-hydrogen) atoms. The molecular formula is C21H36OSi2. The molecule has 0 aromatic rings. The van der Waals surface area contributed by atoms with Crippen LogP contribution >= 0.6 is 0 Å². The third kappa shape index (κ3) is 3.83. The van der Waals surface area contributed by atoms with Gasteiger partial charge in [0.05, 0.1) is 0 Å². The molecule has 1 nitrogen and oxygen atoms in total. The Labute approximate surface area is 151 Å². The maximum absolute atomic E-state index is 6.76. The smallest absolute Gasteiger partial charge is 0.173 e. The van der Waals surface area contributed by atoms with E-state index in [1.165, 1.54) is 50.6 Å². The van der Waals surface area contributed by atoms with E-state index < -0.39 is 17.4 Å². The summed E-state index contributed by atoms with van der Waals surface area (Å²) >= 11 is 0. The topological polar surface area (TPSA) is 9.23 Å². The van der Waals surface area contributed by atoms with Crippen molar-refractivity contribution < 1.29 is 4.12 Å². The van der Waals surface area contributed by atoms with Crippen LogP contribution in [-0.2, 0) is 4.12 Å². The molecule has 7 atom stereocenters. The molecule has 0 spiro atoms. The number of hydrogen-bond acceptors (Lipinski definition) is 1. The minimum absolute atomic E-state index is 0.917. The average Bonchev–Trinajstić information content (AvgIpc) is 3.30. The first-order valence-corrected chi connectivity index (χ1v) is 16.1. The highest BCUT2D eigenvalue weighted by Gasteiger charge is 2.38. The number of hydrogen-bond donors (Lipinski definition) is 0. The molecule has 3 heteroatoms. The van der Waals surface area contributed by atoms with Crippen molar-refractivity contribution in [1.29, 1.82) is 0 Å². The van der Waals surface area contributed by atoms with Crippen LogP contribution in [0.2, 0.25) is 31.7 Å². The zero-order valence-electron chi connectivity index (χ0n) is 15.9. The average molecular weight is 361 g/mol. The van der Waals surface area contributed by atoms with Gasteiger partial charge in [-0.25, -0.2) is 0 Å². The van der Waals surface area contributed by atoms with Crippen LogP contribution in [0, 0.1) is 35.5 Å². The van der Waals surface area contributed by atoms with Crippen molar-refractivity contribution in [1.82, 2.24) is 0 Å². The lowest BCUT2D eigenvalue weighted by Crippen LogP contribution is -2.37. The minimum atomic E-state index is -1.43. The van der Waals surface area contributed by atoms with Gasteiger partial charge in [0.2, 0.25) is 0 Å². The van der Waals surface area contributed by atoms with Crippen LogP contribution < -0.4 is 0 Å². The lowest BCUT2D eigenvalue weighted by molar-refractivity contribution is 0.416. The normalized spacial score (nSPS) is 40.8. The summed E-state index contributed by atoms with van der Waals surface area (Å²) in [5.41, 5.74) is 0. The molecule has 0 aromatic carbocycles. The van der Waals surface area contributed by atoms with Crippen molar-refractivity contribution >= 4 is 17.4 Å². The Kier molecular flexibility index (Phi) is 4.96. The molecule has 2 saturated carbocycles. The summed E-state index contributed by atoms with van der Waals surface area (Å²) in [6.07, 6.45) is 18.7. The van der Waals surface area contributed by atoms with Gasteiger partial charge in [0, 0.05) is 0 Å². The molecule has 4 aliphatic carbocycles. The first-order chi connectivity index (χ1) is 11.5. The summed E-state index contributed by atoms with van der Waals surface area (Å²) in [5.74, 6) is 5.67. The lowest BCUT2D eigenvalue weighted by Gasteiger charge is -2.30. The molecule has 4 bridgehead atoms. The van der Waals surface area contributed by atoms with Gasteiger partial charge in [-0.3, -0.25) is 0 Å². The molecule has 0 amide bonds. The maximum atomic E-state index is 6.76. The molecule has 134 valence electrons. The van der Waals surface area contributed by atoms with Gasteiger partial charge in [0.1, 0.15) is 0 Å². The first kappa shape index (κ1) is 17.3. The van der Waals surface area contributed by atoms with Crippen LogP contribution in [0.4, 0.5) is 0 Å². The SMILES string of the molecule is C[SiH](CCC1CC2C=CC1C2)O[Si](C)(C)CCC1CC2C=CC1C2. The molecule has 0 heterocycles. The van der Waals surface area contributed by atoms with E-state index in [-0.39, 0.29) is 0 Å². The number of rotatable bonds is 8. The fourth-order valence-electron chi connectivity index (χ4n) is 6.10. The molecule has 0 radical (unpaired) electrons. The summed E-state index contributed by atoms with van der Waals surface area (Å²) in [6.45, 7) is 7.44. The van der Waals surface area contributed by atoms with Crippen LogP contribution in [0.15, 0.2) is 24.3 Å². The van der Waals surface area contributed by atoms with Crippen LogP contribution in [0.3, 0.4) is 0 Å². The molecule has 4 rings (SSSR count). The predicted molar refractivity (Wildman–Crippen MR) is 108 cm³/mol. The zero-order chi connectivity index (χ0) is 16.7. The summed E-state index contributed by atoms with van der Waals surface area (Å²) in [4.78, 5) is 0. The van der Waals surface area contributed by atoms with Crippen molar-refractivity contribution in [3.63, 3.8) is 0 Å². The number of fused-ring (bicyclic) bond motifs is 4. The Balaban J connectivity index is 1.17. The second kappa shape index (κ2) is 6.88. The lowest BCUT2D eigenvalue weighted by atomic mass is 9.91. The Hall–Kier alpha value is -0.126. The third-order valence-electron chi connectivity index (χ3n) is 7.41. The first-order valence-electron chi connectivity index (χ1n) is 10.5. The van der Waals surface area contributed by atoms with Crippen molar-refractivity contribution in [2.75, 3.05) is 0 Å². The third-order valence-corrected chi connectivity index (χ3v) is 14.2. The van der Waals surface area contributed by atoms with Crippen LogP contribution in [-0.4, -0.2) is 17.4 Å². The standard InChI is InChI=1S/C21H36OSi2/c1-23(10-8-20-14-16-4-6-18(20)12-16)22-24(2,3)11-9-21-15-17-5-7-19(21)13-17/h4-7,16-21,23H,8-15H2,1-3H3. The second-order valence-electron chi connectivity index (χ2n) is 9.88. The minimum Gasteiger partial charge on any atom is -0.458 e. The quantitative estimate of drug-likeness (QED) is 0.394. The number of allylic oxidation sites excluding steroid dienone is 4. The van der Waals surface area contributed by atoms with Gasteiger partial charge in [0.25, 0.3) is 0 Å². The molecule has 0 aliphatic heterocycles. The predicted octanol–water partition coefficient (Wildman–Crippen LogP) is 5.77. The van der Waals surface area contributed by atoms with Crippen molar-refractivity contribution in [2.24, 2.45) is 35.5 Å². The zero-order valence-corrected chi connectivity index (χ0v) is 18.1. The maximum Gasteiger partial charge on any atom is 0.173 e. The van der Waals surface area contributed by atoms with Gasteiger partial charge in [-0.15, -0.1) is 0 Å². The summed E-state index contributed by atoms with van der Waals surface area (Å²) in [5, 5.41) is 0. The molecular weight excluding hydrogens is 324 g/mol. The Morgan fingerprint density at radius 1 is 0.875 bits per heavy atom. The van der Waals surface area contributed by atoms with E-state index >= 15 is 0 Å². The molecule has 4 aliphatic rings. The molecule has 0 aromatic heterocycles. The van der Waals surface area contributed by atoms with Gasteiger partial charge in [-0.1, -0.05) is 37.1 Å². The van der Waals surface area contributed by atoms with Crippen LogP contribution in [0.5, 0.6) is 0 Å². The highest BCUT2D eigenvalue weighted by Crippen LogP contribution is 2.47. The van der Waals surface area contributed by atoms with E-state index in [9.17, 15) is 0 Å². The molecule has 0 N–H and O–H groups in total. The fraction of sp³-hybridized carbons (Fsp3) is 0.810. The van der Waals surface area contributed by atoms with Crippen molar-refractivity contribution in [3.8, 4) is 0 Å². The van der Waals surface area contributed by atoms with Gasteiger partial charge < -0.3 is 4.12 Å². The highest BCUT2D eigenvalue weighted by molar-refractivity contribution is 6.78. The molecule has 7 unspecified atom stereocenters. The Morgan fingerprint density at radius 2 is 1.46 bits per heavy atom. The van der Waals surface area contributed by atoms with Crippen molar-refractivity contribution in [2.45, 2.75) is 70.3 Å². The van der Waals surface area contributed by atoms with E-state index in [1.807, 2.05) is 0 Å². The van der Waals surface area contributed by atoms with Gasteiger partial charge in [0.15, 0.2) is 17.4 Å². The summed E-state index contributed by atoms with van der Waals surface area (Å²) in [7, 11) is -2.39. The largest absolute Gasteiger partial charge is 0.458 e. The molecule has 2 fully saturated rings. The van der Waals surface area contributed by atoms with E-state index in [2.05, 4.69) is 43.9 Å². The van der Waals surface area contributed by atoms with E-state index in [4.69, 9.17) is 4.12 Å². The van der Waals surface area contributed by atoms with E-state index in [1.54, 1.807) is 0 Å². The van der Waals surface area contributed by atoms with E-state index in [0.29, 0.717) is 0 Å². The van der Waals surface area contributed by atoms with Gasteiger partial charge >= 0.3 is 0 Å². The molecule has 0 saturated heterocycles. The highest BCUT2D eigenvalue weighted by atomic mass is 28.4. The second-order valence-corrected chi connectivity index (χ2v) is 17.0. The fourth-order valence-corrected chi connectivity index (χ4v) is 13.4.